The monoisotopic (exact) mass is 463 g/mol. The van der Waals surface area contributed by atoms with E-state index in [4.69, 9.17) is 4.74 Å². The number of hydrogen-bond donors (Lipinski definition) is 1. The van der Waals surface area contributed by atoms with Gasteiger partial charge in [0, 0.05) is 25.7 Å². The zero-order valence-corrected chi connectivity index (χ0v) is 20.4. The first-order chi connectivity index (χ1) is 16.4. The Morgan fingerprint density at radius 3 is 2.59 bits per heavy atom. The summed E-state index contributed by atoms with van der Waals surface area (Å²) in [5, 5.41) is 11.4. The molecular weight excluding hydrogens is 430 g/mol. The summed E-state index contributed by atoms with van der Waals surface area (Å²) >= 11 is 0. The molecule has 1 unspecified atom stereocenters. The van der Waals surface area contributed by atoms with Crippen molar-refractivity contribution in [3.05, 3.63) is 64.7 Å². The second-order valence-corrected chi connectivity index (χ2v) is 8.83. The number of ether oxygens (including phenoxy) is 1. The van der Waals surface area contributed by atoms with Crippen molar-refractivity contribution < 1.29 is 19.4 Å². The van der Waals surface area contributed by atoms with Crippen LogP contribution in [0.2, 0.25) is 0 Å². The van der Waals surface area contributed by atoms with Gasteiger partial charge in [-0.1, -0.05) is 38.1 Å². The fraction of sp³-hybridized carbons (Fsp3) is 0.407. The van der Waals surface area contributed by atoms with Gasteiger partial charge in [-0.25, -0.2) is 0 Å². The lowest BCUT2D eigenvalue weighted by atomic mass is 9.92. The van der Waals surface area contributed by atoms with Gasteiger partial charge in [0.05, 0.1) is 23.8 Å². The lowest BCUT2D eigenvalue weighted by Gasteiger charge is -2.29. The third-order valence-corrected chi connectivity index (χ3v) is 6.90. The number of aryl methyl sites for hydroxylation is 1. The van der Waals surface area contributed by atoms with Gasteiger partial charge in [-0.15, -0.1) is 0 Å². The van der Waals surface area contributed by atoms with Gasteiger partial charge in [0.15, 0.2) is 0 Å². The molecule has 7 heteroatoms. The Morgan fingerprint density at radius 1 is 1.15 bits per heavy atom. The molecule has 7 nitrogen and oxygen atoms in total. The fourth-order valence-electron chi connectivity index (χ4n) is 4.77. The number of rotatable bonds is 7. The van der Waals surface area contributed by atoms with E-state index in [0.717, 1.165) is 42.2 Å². The number of benzene rings is 2. The zero-order chi connectivity index (χ0) is 24.4. The Kier molecular flexibility index (Phi) is 6.93. The average molecular weight is 464 g/mol. The number of fused-ring (bicyclic) bond motifs is 1. The molecule has 2 aromatic rings. The maximum Gasteiger partial charge on any atom is 0.295 e. The molecule has 1 N–H and O–H groups in total. The van der Waals surface area contributed by atoms with E-state index < -0.39 is 17.7 Å². The van der Waals surface area contributed by atoms with E-state index in [0.29, 0.717) is 25.3 Å². The van der Waals surface area contributed by atoms with Crippen molar-refractivity contribution in [3.8, 4) is 5.75 Å². The molecule has 0 bridgehead atoms. The summed E-state index contributed by atoms with van der Waals surface area (Å²) in [5.41, 5.74) is 3.29. The number of aliphatic hydroxyl groups excluding tert-OH is 1. The minimum Gasteiger partial charge on any atom is -0.507 e. The maximum atomic E-state index is 13.3. The van der Waals surface area contributed by atoms with Crippen molar-refractivity contribution in [2.75, 3.05) is 51.3 Å². The molecule has 180 valence electrons. The first-order valence-electron chi connectivity index (χ1n) is 11.9. The molecule has 2 aliphatic heterocycles. The number of ketones is 1. The smallest absolute Gasteiger partial charge is 0.295 e. The van der Waals surface area contributed by atoms with Crippen LogP contribution in [0.25, 0.3) is 5.76 Å². The van der Waals surface area contributed by atoms with Gasteiger partial charge in [0.1, 0.15) is 18.1 Å². The molecule has 1 amide bonds. The minimum atomic E-state index is -0.646. The molecular formula is C27H33N3O4. The van der Waals surface area contributed by atoms with Gasteiger partial charge >= 0.3 is 0 Å². The van der Waals surface area contributed by atoms with E-state index >= 15 is 0 Å². The molecule has 2 aliphatic rings. The lowest BCUT2D eigenvalue weighted by Crippen LogP contribution is -2.38. The van der Waals surface area contributed by atoms with Gasteiger partial charge < -0.3 is 24.5 Å². The molecule has 2 heterocycles. The topological polar surface area (TPSA) is 73.3 Å². The minimum absolute atomic E-state index is 0.137. The number of likely N-dealkylation sites (tertiary alicyclic amines) is 1. The molecule has 0 saturated carbocycles. The van der Waals surface area contributed by atoms with E-state index in [1.54, 1.807) is 17.0 Å². The van der Waals surface area contributed by atoms with Crippen LogP contribution >= 0.6 is 0 Å². The Labute approximate surface area is 201 Å². The molecule has 1 saturated heterocycles. The first-order valence-corrected chi connectivity index (χ1v) is 11.9. The molecule has 34 heavy (non-hydrogen) atoms. The van der Waals surface area contributed by atoms with Crippen molar-refractivity contribution in [2.45, 2.75) is 26.8 Å². The SMILES string of the molecule is CCN(CC)CCN1C(=O)C(=O)/C(=C(/O)c2ccc3c(c2)N(C)CCO3)C1c1ccccc1C. The molecule has 0 aliphatic carbocycles. The summed E-state index contributed by atoms with van der Waals surface area (Å²) in [6, 6.07) is 12.5. The standard InChI is InChI=1S/C27H33N3O4/c1-5-29(6-2)13-14-30-24(20-10-8-7-9-18(20)3)23(26(32)27(30)33)25(31)19-11-12-22-21(17-19)28(4)15-16-34-22/h7-12,17,24,31H,5-6,13-16H2,1-4H3/b25-23+. The number of carbonyl (C=O) groups is 2. The predicted molar refractivity (Wildman–Crippen MR) is 133 cm³/mol. The molecule has 0 aromatic heterocycles. The summed E-state index contributed by atoms with van der Waals surface area (Å²) in [6.45, 7) is 10.2. The highest BCUT2D eigenvalue weighted by Gasteiger charge is 2.46. The van der Waals surface area contributed by atoms with Crippen LogP contribution in [0.4, 0.5) is 5.69 Å². The molecule has 1 atom stereocenters. The predicted octanol–water partition coefficient (Wildman–Crippen LogP) is 3.59. The van der Waals surface area contributed by atoms with E-state index in [-0.39, 0.29) is 11.3 Å². The molecule has 0 spiro atoms. The fourth-order valence-corrected chi connectivity index (χ4v) is 4.77. The number of hydrogen-bond acceptors (Lipinski definition) is 6. The third-order valence-electron chi connectivity index (χ3n) is 6.90. The number of carbonyl (C=O) groups excluding carboxylic acids is 2. The lowest BCUT2D eigenvalue weighted by molar-refractivity contribution is -0.140. The van der Waals surface area contributed by atoms with Crippen molar-refractivity contribution in [1.82, 2.24) is 9.80 Å². The van der Waals surface area contributed by atoms with Gasteiger partial charge in [-0.2, -0.15) is 0 Å². The van der Waals surface area contributed by atoms with Crippen LogP contribution in [0.5, 0.6) is 5.75 Å². The highest BCUT2D eigenvalue weighted by atomic mass is 16.5. The summed E-state index contributed by atoms with van der Waals surface area (Å²) in [4.78, 5) is 32.4. The molecule has 0 radical (unpaired) electrons. The molecule has 2 aromatic carbocycles. The van der Waals surface area contributed by atoms with Crippen molar-refractivity contribution >= 4 is 23.1 Å². The summed E-state index contributed by atoms with van der Waals surface area (Å²) in [7, 11) is 1.96. The van der Waals surface area contributed by atoms with Crippen LogP contribution in [0.1, 0.15) is 36.6 Å². The number of aliphatic hydroxyl groups is 1. The first kappa shape index (κ1) is 23.8. The number of amides is 1. The highest BCUT2D eigenvalue weighted by molar-refractivity contribution is 6.46. The Hall–Kier alpha value is -3.32. The average Bonchev–Trinajstić information content (AvgIpc) is 3.09. The van der Waals surface area contributed by atoms with Crippen LogP contribution in [0.15, 0.2) is 48.0 Å². The number of Topliss-reactive ketones (excluding diaryl/α,β-unsaturated/α-hetero) is 1. The van der Waals surface area contributed by atoms with Crippen LogP contribution in [0.3, 0.4) is 0 Å². The van der Waals surface area contributed by atoms with Crippen molar-refractivity contribution in [2.24, 2.45) is 0 Å². The normalized spacial score (nSPS) is 19.5. The maximum absolute atomic E-state index is 13.3. The van der Waals surface area contributed by atoms with Crippen LogP contribution in [-0.2, 0) is 9.59 Å². The second-order valence-electron chi connectivity index (χ2n) is 8.83. The Balaban J connectivity index is 1.81. The Morgan fingerprint density at radius 2 is 1.88 bits per heavy atom. The van der Waals surface area contributed by atoms with E-state index in [1.807, 2.05) is 44.3 Å². The van der Waals surface area contributed by atoms with Gasteiger partial charge in [-0.05, 0) is 49.3 Å². The third kappa shape index (κ3) is 4.28. The second kappa shape index (κ2) is 9.89. The zero-order valence-electron chi connectivity index (χ0n) is 20.4. The molecule has 1 fully saturated rings. The Bertz CT molecular complexity index is 1120. The number of likely N-dealkylation sites (N-methyl/N-ethyl adjacent to an activating group) is 2. The van der Waals surface area contributed by atoms with E-state index in [1.165, 1.54) is 0 Å². The highest BCUT2D eigenvalue weighted by Crippen LogP contribution is 2.41. The van der Waals surface area contributed by atoms with E-state index in [2.05, 4.69) is 23.6 Å². The van der Waals surface area contributed by atoms with Gasteiger partial charge in [-0.3, -0.25) is 9.59 Å². The van der Waals surface area contributed by atoms with Crippen molar-refractivity contribution in [3.63, 3.8) is 0 Å². The van der Waals surface area contributed by atoms with E-state index in [9.17, 15) is 14.7 Å². The van der Waals surface area contributed by atoms with Gasteiger partial charge in [0.2, 0.25) is 0 Å². The van der Waals surface area contributed by atoms with Gasteiger partial charge in [0.25, 0.3) is 11.7 Å². The summed E-state index contributed by atoms with van der Waals surface area (Å²) in [5.74, 6) is -0.632. The molecule has 4 rings (SSSR count). The summed E-state index contributed by atoms with van der Waals surface area (Å²) < 4.78 is 5.72. The number of nitrogens with zero attached hydrogens (tertiary/aromatic N) is 3. The quantitative estimate of drug-likeness (QED) is 0.384. The summed E-state index contributed by atoms with van der Waals surface area (Å²) in [6.07, 6.45) is 0. The largest absolute Gasteiger partial charge is 0.507 e. The van der Waals surface area contributed by atoms with Crippen molar-refractivity contribution in [1.29, 1.82) is 0 Å². The van der Waals surface area contributed by atoms with Crippen LogP contribution < -0.4 is 9.64 Å². The number of anilines is 1. The van der Waals surface area contributed by atoms with Crippen LogP contribution in [-0.4, -0.2) is 73.0 Å². The van der Waals surface area contributed by atoms with Crippen LogP contribution in [0, 0.1) is 6.92 Å².